The van der Waals surface area contributed by atoms with Gasteiger partial charge in [0.2, 0.25) is 5.91 Å². The number of rotatable bonds is 7. The molecule has 0 aliphatic carbocycles. The Hall–Kier alpha value is -2.44. The molecule has 2 saturated heterocycles. The van der Waals surface area contributed by atoms with E-state index in [4.69, 9.17) is 4.98 Å². The van der Waals surface area contributed by atoms with Gasteiger partial charge in [0.1, 0.15) is 5.82 Å². The molecular formula is C31H37BrN4O. The number of carbonyl (C=O) groups excluding carboxylic acids is 1. The highest BCUT2D eigenvalue weighted by Crippen LogP contribution is 2.49. The van der Waals surface area contributed by atoms with Crippen molar-refractivity contribution >= 4 is 21.8 Å². The zero-order valence-corrected chi connectivity index (χ0v) is 23.4. The molecular weight excluding hydrogens is 524 g/mol. The van der Waals surface area contributed by atoms with Crippen LogP contribution in [0.15, 0.2) is 65.4 Å². The number of halogens is 1. The number of hydrogen-bond donors (Lipinski definition) is 0. The first kappa shape index (κ1) is 24.9. The lowest BCUT2D eigenvalue weighted by atomic mass is 9.79. The van der Waals surface area contributed by atoms with Gasteiger partial charge in [0.15, 0.2) is 0 Å². The molecule has 2 unspecified atom stereocenters. The highest BCUT2D eigenvalue weighted by molar-refractivity contribution is 9.10. The summed E-state index contributed by atoms with van der Waals surface area (Å²) in [5.74, 6) is 2.05. The van der Waals surface area contributed by atoms with Crippen molar-refractivity contribution in [1.82, 2.24) is 19.4 Å². The highest BCUT2D eigenvalue weighted by Gasteiger charge is 2.44. The fourth-order valence-corrected chi connectivity index (χ4v) is 7.40. The summed E-state index contributed by atoms with van der Waals surface area (Å²) in [5.41, 5.74) is 3.37. The van der Waals surface area contributed by atoms with Crippen molar-refractivity contribution in [1.29, 1.82) is 0 Å². The zero-order valence-electron chi connectivity index (χ0n) is 21.8. The number of fused-ring (bicyclic) bond motifs is 3. The van der Waals surface area contributed by atoms with E-state index in [-0.39, 0.29) is 5.54 Å². The lowest BCUT2D eigenvalue weighted by Crippen LogP contribution is -2.45. The monoisotopic (exact) mass is 560 g/mol. The van der Waals surface area contributed by atoms with Gasteiger partial charge in [-0.25, -0.2) is 4.98 Å². The zero-order chi connectivity index (χ0) is 25.4. The maximum Gasteiger partial charge on any atom is 0.222 e. The molecule has 3 aliphatic heterocycles. The Morgan fingerprint density at radius 2 is 1.78 bits per heavy atom. The number of likely N-dealkylation sites (tertiary alicyclic amines) is 2. The van der Waals surface area contributed by atoms with Gasteiger partial charge in [0.25, 0.3) is 0 Å². The first-order valence-corrected chi connectivity index (χ1v) is 14.8. The third-order valence-electron chi connectivity index (χ3n) is 9.21. The summed E-state index contributed by atoms with van der Waals surface area (Å²) < 4.78 is 3.40. The fraction of sp³-hybridized carbons (Fsp3) is 0.484. The largest absolute Gasteiger partial charge is 0.343 e. The molecule has 2 fully saturated rings. The molecule has 3 aromatic rings. The van der Waals surface area contributed by atoms with Crippen LogP contribution in [0.4, 0.5) is 0 Å². The van der Waals surface area contributed by atoms with Crippen molar-refractivity contribution in [3.05, 3.63) is 76.5 Å². The quantitative estimate of drug-likeness (QED) is 0.340. The van der Waals surface area contributed by atoms with E-state index in [1.165, 1.54) is 42.6 Å². The fourth-order valence-electron chi connectivity index (χ4n) is 7.13. The minimum Gasteiger partial charge on any atom is -0.343 e. The van der Waals surface area contributed by atoms with Gasteiger partial charge in [-0.1, -0.05) is 52.3 Å². The van der Waals surface area contributed by atoms with Crippen LogP contribution in [0, 0.1) is 5.92 Å². The Labute approximate surface area is 229 Å². The van der Waals surface area contributed by atoms with Crippen LogP contribution >= 0.6 is 15.9 Å². The molecule has 5 nitrogen and oxygen atoms in total. The van der Waals surface area contributed by atoms with Crippen LogP contribution in [0.25, 0.3) is 11.4 Å². The minimum atomic E-state index is -0.346. The molecule has 0 N–H and O–H groups in total. The van der Waals surface area contributed by atoms with Gasteiger partial charge in [-0.3, -0.25) is 4.79 Å². The highest BCUT2D eigenvalue weighted by atomic mass is 79.9. The van der Waals surface area contributed by atoms with Crippen molar-refractivity contribution in [3.8, 4) is 11.4 Å². The first-order chi connectivity index (χ1) is 18.1. The van der Waals surface area contributed by atoms with Gasteiger partial charge in [-0.15, -0.1) is 0 Å². The first-order valence-electron chi connectivity index (χ1n) is 14.0. The van der Waals surface area contributed by atoms with Crippen LogP contribution in [0.1, 0.15) is 63.0 Å². The molecule has 2 atom stereocenters. The molecule has 1 aromatic heterocycles. The summed E-state index contributed by atoms with van der Waals surface area (Å²) in [6, 6.07) is 17.9. The number of imidazole rings is 1. The van der Waals surface area contributed by atoms with E-state index in [2.05, 4.69) is 91.9 Å². The Bertz CT molecular complexity index is 1240. The van der Waals surface area contributed by atoms with Crippen LogP contribution < -0.4 is 0 Å². The molecule has 37 heavy (non-hydrogen) atoms. The number of aromatic nitrogens is 2. The third kappa shape index (κ3) is 4.46. The van der Waals surface area contributed by atoms with Crippen LogP contribution in [-0.2, 0) is 10.3 Å². The summed E-state index contributed by atoms with van der Waals surface area (Å²) in [5, 5.41) is 0. The van der Waals surface area contributed by atoms with E-state index in [0.29, 0.717) is 18.4 Å². The minimum absolute atomic E-state index is 0.315. The van der Waals surface area contributed by atoms with Crippen molar-refractivity contribution in [2.45, 2.75) is 63.5 Å². The normalized spacial score (nSPS) is 22.7. The molecule has 0 spiro atoms. The molecule has 0 saturated carbocycles. The predicted octanol–water partition coefficient (Wildman–Crippen LogP) is 6.31. The van der Waals surface area contributed by atoms with Crippen LogP contribution in [0.5, 0.6) is 0 Å². The lowest BCUT2D eigenvalue weighted by Gasteiger charge is -2.38. The number of piperidine rings is 1. The van der Waals surface area contributed by atoms with E-state index in [1.54, 1.807) is 0 Å². The SMILES string of the molecule is CC(C1CCN(C(=O)CCCC2(c3ccc(Br)cc3)c3ccccc3-c3nccn32)CC1)N1CCCC1. The maximum absolute atomic E-state index is 13.3. The third-order valence-corrected chi connectivity index (χ3v) is 9.74. The van der Waals surface area contributed by atoms with E-state index < -0.39 is 0 Å². The Kier molecular flexibility index (Phi) is 6.97. The lowest BCUT2D eigenvalue weighted by molar-refractivity contribution is -0.133. The summed E-state index contributed by atoms with van der Waals surface area (Å²) in [4.78, 5) is 22.8. The molecule has 4 heterocycles. The molecule has 6 heteroatoms. The Morgan fingerprint density at radius 1 is 1.05 bits per heavy atom. The van der Waals surface area contributed by atoms with Gasteiger partial charge in [-0.2, -0.15) is 0 Å². The maximum atomic E-state index is 13.3. The summed E-state index contributed by atoms with van der Waals surface area (Å²) in [6.45, 7) is 6.73. The van der Waals surface area contributed by atoms with Crippen molar-refractivity contribution in [2.75, 3.05) is 26.2 Å². The van der Waals surface area contributed by atoms with Gasteiger partial charge < -0.3 is 14.4 Å². The number of nitrogens with zero attached hydrogens (tertiary/aromatic N) is 4. The molecule has 194 valence electrons. The number of carbonyl (C=O) groups is 1. The van der Waals surface area contributed by atoms with E-state index in [0.717, 1.165) is 55.0 Å². The molecule has 2 aromatic carbocycles. The second-order valence-corrected chi connectivity index (χ2v) is 12.0. The molecule has 1 amide bonds. The molecule has 3 aliphatic rings. The number of amides is 1. The van der Waals surface area contributed by atoms with E-state index >= 15 is 0 Å². The van der Waals surface area contributed by atoms with Crippen molar-refractivity contribution in [3.63, 3.8) is 0 Å². The molecule has 6 rings (SSSR count). The summed E-state index contributed by atoms with van der Waals surface area (Å²) in [7, 11) is 0. The molecule has 0 radical (unpaired) electrons. The average molecular weight is 562 g/mol. The van der Waals surface area contributed by atoms with Crippen LogP contribution in [0.3, 0.4) is 0 Å². The van der Waals surface area contributed by atoms with Gasteiger partial charge in [0.05, 0.1) is 5.54 Å². The average Bonchev–Trinajstić information content (AvgIpc) is 3.68. The van der Waals surface area contributed by atoms with Crippen LogP contribution in [-0.4, -0.2) is 57.5 Å². The van der Waals surface area contributed by atoms with E-state index in [9.17, 15) is 4.79 Å². The smallest absolute Gasteiger partial charge is 0.222 e. The second kappa shape index (κ2) is 10.4. The standard InChI is InChI=1S/C31H37BrN4O/c1-23(34-18-4-5-19-34)24-14-20-35(21-15-24)29(37)9-6-16-31(25-10-12-26(32)13-11-25)28-8-3-2-7-27(28)30-33-17-22-36(30)31/h2-3,7-8,10-13,17,22-24H,4-6,9,14-16,18-21H2,1H3. The summed E-state index contributed by atoms with van der Waals surface area (Å²) >= 11 is 3.60. The predicted molar refractivity (Wildman–Crippen MR) is 151 cm³/mol. The molecule has 0 bridgehead atoms. The Morgan fingerprint density at radius 3 is 2.54 bits per heavy atom. The van der Waals surface area contributed by atoms with Gasteiger partial charge in [-0.05, 0) is 87.7 Å². The van der Waals surface area contributed by atoms with Crippen molar-refractivity contribution in [2.24, 2.45) is 5.92 Å². The van der Waals surface area contributed by atoms with Crippen molar-refractivity contribution < 1.29 is 4.79 Å². The van der Waals surface area contributed by atoms with E-state index in [1.807, 2.05) is 6.20 Å². The van der Waals surface area contributed by atoms with Gasteiger partial charge >= 0.3 is 0 Å². The number of benzene rings is 2. The van der Waals surface area contributed by atoms with Gasteiger partial charge in [0, 0.05) is 48.0 Å². The van der Waals surface area contributed by atoms with Crippen LogP contribution in [0.2, 0.25) is 0 Å². The summed E-state index contributed by atoms with van der Waals surface area (Å²) in [6.07, 6.45) is 11.3. The topological polar surface area (TPSA) is 41.4 Å². The Balaban J connectivity index is 1.16. The second-order valence-electron chi connectivity index (χ2n) is 11.1. The number of hydrogen-bond acceptors (Lipinski definition) is 3.